The fourth-order valence-corrected chi connectivity index (χ4v) is 2.90. The number of nitrogens with two attached hydrogens (primary N) is 1. The van der Waals surface area contributed by atoms with E-state index in [1.54, 1.807) is 6.92 Å². The van der Waals surface area contributed by atoms with Gasteiger partial charge in [0.2, 0.25) is 5.91 Å². The van der Waals surface area contributed by atoms with Crippen LogP contribution >= 0.6 is 0 Å². The molecule has 0 saturated heterocycles. The lowest BCUT2D eigenvalue weighted by molar-refractivity contribution is -0.116. The smallest absolute Gasteiger partial charge is 0.223 e. The van der Waals surface area contributed by atoms with Gasteiger partial charge in [0.15, 0.2) is 0 Å². The Bertz CT molecular complexity index is 474. The van der Waals surface area contributed by atoms with E-state index in [-0.39, 0.29) is 5.91 Å². The SMILES string of the molecule is CCOc1ccc2c(c1)CC(CCN)CCN2C(C)=O. The summed E-state index contributed by atoms with van der Waals surface area (Å²) in [5, 5.41) is 0. The van der Waals surface area contributed by atoms with Gasteiger partial charge < -0.3 is 15.4 Å². The van der Waals surface area contributed by atoms with Gasteiger partial charge >= 0.3 is 0 Å². The molecule has 0 radical (unpaired) electrons. The van der Waals surface area contributed by atoms with Gasteiger partial charge in [0.05, 0.1) is 6.61 Å². The van der Waals surface area contributed by atoms with Crippen molar-refractivity contribution in [3.05, 3.63) is 23.8 Å². The third kappa shape index (κ3) is 3.31. The summed E-state index contributed by atoms with van der Waals surface area (Å²) in [5.74, 6) is 1.52. The van der Waals surface area contributed by atoms with Gasteiger partial charge in [0.1, 0.15) is 5.75 Å². The van der Waals surface area contributed by atoms with Crippen molar-refractivity contribution >= 4 is 11.6 Å². The molecule has 1 aliphatic rings. The first-order chi connectivity index (χ1) is 9.65. The average Bonchev–Trinajstić information content (AvgIpc) is 2.58. The summed E-state index contributed by atoms with van der Waals surface area (Å²) in [7, 11) is 0. The predicted octanol–water partition coefficient (Wildman–Crippen LogP) is 2.35. The van der Waals surface area contributed by atoms with Crippen LogP contribution in [0.4, 0.5) is 5.69 Å². The molecule has 1 amide bonds. The van der Waals surface area contributed by atoms with Crippen LogP contribution in [0.25, 0.3) is 0 Å². The molecule has 0 aliphatic carbocycles. The Labute approximate surface area is 120 Å². The third-order valence-electron chi connectivity index (χ3n) is 3.88. The minimum Gasteiger partial charge on any atom is -0.494 e. The molecule has 1 unspecified atom stereocenters. The van der Waals surface area contributed by atoms with Crippen LogP contribution in [0, 0.1) is 5.92 Å². The molecule has 2 rings (SSSR count). The fourth-order valence-electron chi connectivity index (χ4n) is 2.90. The van der Waals surface area contributed by atoms with E-state index in [9.17, 15) is 4.79 Å². The number of carbonyl (C=O) groups is 1. The molecule has 1 aliphatic heterocycles. The second-order valence-electron chi connectivity index (χ2n) is 5.33. The molecule has 0 saturated carbocycles. The minimum absolute atomic E-state index is 0.101. The van der Waals surface area contributed by atoms with Crippen LogP contribution < -0.4 is 15.4 Å². The monoisotopic (exact) mass is 276 g/mol. The van der Waals surface area contributed by atoms with E-state index in [1.807, 2.05) is 24.0 Å². The topological polar surface area (TPSA) is 55.6 Å². The quantitative estimate of drug-likeness (QED) is 0.918. The zero-order valence-corrected chi connectivity index (χ0v) is 12.4. The van der Waals surface area contributed by atoms with Crippen molar-refractivity contribution in [2.75, 3.05) is 24.6 Å². The first-order valence-corrected chi connectivity index (χ1v) is 7.39. The molecule has 0 fully saturated rings. The summed E-state index contributed by atoms with van der Waals surface area (Å²) in [4.78, 5) is 13.7. The molecule has 4 heteroatoms. The maximum absolute atomic E-state index is 11.9. The van der Waals surface area contributed by atoms with Gasteiger partial charge in [0, 0.05) is 19.2 Å². The van der Waals surface area contributed by atoms with Crippen LogP contribution in [0.2, 0.25) is 0 Å². The Morgan fingerprint density at radius 2 is 2.30 bits per heavy atom. The van der Waals surface area contributed by atoms with Crippen molar-refractivity contribution in [2.24, 2.45) is 11.7 Å². The summed E-state index contributed by atoms with van der Waals surface area (Å²) in [5.41, 5.74) is 7.92. The first kappa shape index (κ1) is 14.9. The average molecular weight is 276 g/mol. The van der Waals surface area contributed by atoms with Crippen molar-refractivity contribution in [1.82, 2.24) is 0 Å². The highest BCUT2D eigenvalue weighted by Gasteiger charge is 2.23. The Morgan fingerprint density at radius 3 is 2.95 bits per heavy atom. The van der Waals surface area contributed by atoms with Crippen LogP contribution in [0.15, 0.2) is 18.2 Å². The van der Waals surface area contributed by atoms with E-state index in [1.165, 1.54) is 5.56 Å². The van der Waals surface area contributed by atoms with Crippen molar-refractivity contribution in [1.29, 1.82) is 0 Å². The van der Waals surface area contributed by atoms with E-state index >= 15 is 0 Å². The van der Waals surface area contributed by atoms with Crippen molar-refractivity contribution in [3.8, 4) is 5.75 Å². The second kappa shape index (κ2) is 6.75. The highest BCUT2D eigenvalue weighted by Crippen LogP contribution is 2.33. The maximum atomic E-state index is 11.9. The Kier molecular flexibility index (Phi) is 5.01. The highest BCUT2D eigenvalue weighted by atomic mass is 16.5. The van der Waals surface area contributed by atoms with Crippen LogP contribution in [-0.4, -0.2) is 25.6 Å². The Hall–Kier alpha value is -1.55. The molecule has 0 spiro atoms. The van der Waals surface area contributed by atoms with Crippen molar-refractivity contribution < 1.29 is 9.53 Å². The second-order valence-corrected chi connectivity index (χ2v) is 5.33. The number of hydrogen-bond donors (Lipinski definition) is 1. The number of rotatable bonds is 4. The van der Waals surface area contributed by atoms with Gasteiger partial charge in [-0.3, -0.25) is 4.79 Å². The van der Waals surface area contributed by atoms with Gasteiger partial charge in [0.25, 0.3) is 0 Å². The number of ether oxygens (including phenoxy) is 1. The molecular weight excluding hydrogens is 252 g/mol. The lowest BCUT2D eigenvalue weighted by Gasteiger charge is -2.21. The highest BCUT2D eigenvalue weighted by molar-refractivity contribution is 5.92. The predicted molar refractivity (Wildman–Crippen MR) is 81.1 cm³/mol. The standard InChI is InChI=1S/C16H24N2O2/c1-3-20-15-4-5-16-14(11-15)10-13(6-8-17)7-9-18(16)12(2)19/h4-5,11,13H,3,6-10,17H2,1-2H3. The van der Waals surface area contributed by atoms with E-state index < -0.39 is 0 Å². The number of carbonyl (C=O) groups excluding carboxylic acids is 1. The van der Waals surface area contributed by atoms with Crippen LogP contribution in [0.5, 0.6) is 5.75 Å². The van der Waals surface area contributed by atoms with Crippen molar-refractivity contribution in [2.45, 2.75) is 33.1 Å². The van der Waals surface area contributed by atoms with Crippen LogP contribution in [0.1, 0.15) is 32.3 Å². The molecule has 20 heavy (non-hydrogen) atoms. The molecule has 110 valence electrons. The van der Waals surface area contributed by atoms with Gasteiger partial charge in [-0.2, -0.15) is 0 Å². The number of benzene rings is 1. The normalized spacial score (nSPS) is 18.4. The lowest BCUT2D eigenvalue weighted by atomic mass is 9.94. The molecule has 1 atom stereocenters. The van der Waals surface area contributed by atoms with Crippen molar-refractivity contribution in [3.63, 3.8) is 0 Å². The lowest BCUT2D eigenvalue weighted by Crippen LogP contribution is -2.29. The summed E-state index contributed by atoms with van der Waals surface area (Å²) in [6.07, 6.45) is 2.98. The molecule has 2 N–H and O–H groups in total. The van der Waals surface area contributed by atoms with Gasteiger partial charge in [-0.15, -0.1) is 0 Å². The summed E-state index contributed by atoms with van der Waals surface area (Å²) in [6, 6.07) is 6.03. The summed E-state index contributed by atoms with van der Waals surface area (Å²) in [6.45, 7) is 5.74. The van der Waals surface area contributed by atoms with Crippen LogP contribution in [-0.2, 0) is 11.2 Å². The number of fused-ring (bicyclic) bond motifs is 1. The summed E-state index contributed by atoms with van der Waals surface area (Å²) >= 11 is 0. The molecule has 0 aromatic heterocycles. The fraction of sp³-hybridized carbons (Fsp3) is 0.562. The van der Waals surface area contributed by atoms with Gasteiger partial charge in [-0.05, 0) is 62.4 Å². The first-order valence-electron chi connectivity index (χ1n) is 7.39. The van der Waals surface area contributed by atoms with E-state index in [0.29, 0.717) is 19.1 Å². The molecular formula is C16H24N2O2. The molecule has 0 bridgehead atoms. The van der Waals surface area contributed by atoms with E-state index in [2.05, 4.69) is 6.07 Å². The molecule has 1 aromatic carbocycles. The zero-order chi connectivity index (χ0) is 14.5. The summed E-state index contributed by atoms with van der Waals surface area (Å²) < 4.78 is 5.58. The third-order valence-corrected chi connectivity index (χ3v) is 3.88. The number of hydrogen-bond acceptors (Lipinski definition) is 3. The molecule has 4 nitrogen and oxygen atoms in total. The van der Waals surface area contributed by atoms with Gasteiger partial charge in [-0.25, -0.2) is 0 Å². The largest absolute Gasteiger partial charge is 0.494 e. The number of nitrogens with zero attached hydrogens (tertiary/aromatic N) is 1. The zero-order valence-electron chi connectivity index (χ0n) is 12.4. The van der Waals surface area contributed by atoms with E-state index in [0.717, 1.165) is 37.2 Å². The van der Waals surface area contributed by atoms with Gasteiger partial charge in [-0.1, -0.05) is 0 Å². The molecule has 1 aromatic rings. The molecule has 1 heterocycles. The number of anilines is 1. The Morgan fingerprint density at radius 1 is 1.50 bits per heavy atom. The minimum atomic E-state index is 0.101. The van der Waals surface area contributed by atoms with Crippen LogP contribution in [0.3, 0.4) is 0 Å². The Balaban J connectivity index is 2.33. The van der Waals surface area contributed by atoms with E-state index in [4.69, 9.17) is 10.5 Å². The number of amides is 1. The maximum Gasteiger partial charge on any atom is 0.223 e.